The molecule has 0 spiro atoms. The van der Waals surface area contributed by atoms with Gasteiger partial charge in [-0.15, -0.1) is 0 Å². The average molecular weight is 268 g/mol. The number of hydrogen-bond acceptors (Lipinski definition) is 1. The van der Waals surface area contributed by atoms with E-state index in [0.29, 0.717) is 22.8 Å². The second kappa shape index (κ2) is 4.05. The summed E-state index contributed by atoms with van der Waals surface area (Å²) >= 11 is 0. The highest BCUT2D eigenvalue weighted by Gasteiger charge is 2.61. The van der Waals surface area contributed by atoms with Crippen LogP contribution in [0.25, 0.3) is 0 Å². The van der Waals surface area contributed by atoms with Crippen molar-refractivity contribution in [3.05, 3.63) is 0 Å². The second-order valence-corrected chi connectivity index (χ2v) is 12.6. The van der Waals surface area contributed by atoms with E-state index in [1.807, 2.05) is 0 Å². The predicted octanol–water partition coefficient (Wildman–Crippen LogP) is 4.82. The molecule has 2 unspecified atom stereocenters. The molecule has 2 bridgehead atoms. The molecule has 0 aromatic carbocycles. The molecule has 2 aliphatic rings. The van der Waals surface area contributed by atoms with E-state index in [4.69, 9.17) is 0 Å². The monoisotopic (exact) mass is 268 g/mol. The van der Waals surface area contributed by atoms with Crippen LogP contribution in [0.15, 0.2) is 0 Å². The standard InChI is InChI=1S/C16H29OP/c1-14(2,3)18-15(4,5)11-9-8-10-12(13(11)17)16(18,6)7/h11-12H,8-10H2,1-7H3. The topological polar surface area (TPSA) is 17.1 Å². The second-order valence-electron chi connectivity index (χ2n) is 8.25. The Kier molecular flexibility index (Phi) is 3.26. The maximum absolute atomic E-state index is 12.7. The summed E-state index contributed by atoms with van der Waals surface area (Å²) in [5, 5.41) is 0.729. The van der Waals surface area contributed by atoms with Crippen LogP contribution in [0, 0.1) is 11.8 Å². The van der Waals surface area contributed by atoms with Crippen molar-refractivity contribution in [1.29, 1.82) is 0 Å². The third-order valence-corrected chi connectivity index (χ3v) is 9.47. The molecule has 2 fully saturated rings. The van der Waals surface area contributed by atoms with Crippen molar-refractivity contribution in [3.8, 4) is 0 Å². The van der Waals surface area contributed by atoms with Gasteiger partial charge < -0.3 is 0 Å². The summed E-state index contributed by atoms with van der Waals surface area (Å²) in [5.41, 5.74) is 0. The third-order valence-electron chi connectivity index (χ3n) is 5.20. The van der Waals surface area contributed by atoms with E-state index < -0.39 is 0 Å². The molecule has 0 aromatic heterocycles. The van der Waals surface area contributed by atoms with E-state index in [9.17, 15) is 4.79 Å². The van der Waals surface area contributed by atoms with E-state index >= 15 is 0 Å². The van der Waals surface area contributed by atoms with Gasteiger partial charge in [-0.05, 0) is 28.3 Å². The van der Waals surface area contributed by atoms with Gasteiger partial charge in [0.1, 0.15) is 5.78 Å². The number of carbonyl (C=O) groups excluding carboxylic acids is 1. The van der Waals surface area contributed by atoms with Gasteiger partial charge in [-0.1, -0.05) is 62.8 Å². The first kappa shape index (κ1) is 14.5. The first-order valence-corrected chi connectivity index (χ1v) is 8.69. The Morgan fingerprint density at radius 1 is 1.00 bits per heavy atom. The molecule has 18 heavy (non-hydrogen) atoms. The SMILES string of the molecule is CC(C)(C)P1C(C)(C)C2CCCC(C2=O)C1(C)C. The van der Waals surface area contributed by atoms with E-state index in [0.717, 1.165) is 12.8 Å². The maximum Gasteiger partial charge on any atom is 0.140 e. The van der Waals surface area contributed by atoms with Crippen LogP contribution in [0.3, 0.4) is 0 Å². The van der Waals surface area contributed by atoms with Crippen LogP contribution in [0.5, 0.6) is 0 Å². The summed E-state index contributed by atoms with van der Waals surface area (Å²) in [6, 6.07) is 0. The quantitative estimate of drug-likeness (QED) is 0.575. The summed E-state index contributed by atoms with van der Waals surface area (Å²) in [5.74, 6) is 1.24. The number of fused-ring (bicyclic) bond motifs is 2. The molecular weight excluding hydrogens is 239 g/mol. The summed E-state index contributed by atoms with van der Waals surface area (Å²) < 4.78 is 0. The van der Waals surface area contributed by atoms with Crippen molar-refractivity contribution in [2.24, 2.45) is 11.8 Å². The maximum atomic E-state index is 12.7. The summed E-state index contributed by atoms with van der Waals surface area (Å²) in [7, 11) is -0.180. The molecule has 1 saturated heterocycles. The Hall–Kier alpha value is 0.100. The highest BCUT2D eigenvalue weighted by Crippen LogP contribution is 2.75. The van der Waals surface area contributed by atoms with Gasteiger partial charge in [-0.2, -0.15) is 0 Å². The molecule has 104 valence electrons. The third kappa shape index (κ3) is 1.89. The zero-order valence-corrected chi connectivity index (χ0v) is 14.0. The lowest BCUT2D eigenvalue weighted by molar-refractivity contribution is -0.132. The molecule has 1 aliphatic heterocycles. The largest absolute Gasteiger partial charge is 0.299 e. The fourth-order valence-corrected chi connectivity index (χ4v) is 11.3. The molecule has 0 aromatic rings. The van der Waals surface area contributed by atoms with E-state index in [-0.39, 0.29) is 18.2 Å². The molecule has 1 heterocycles. The van der Waals surface area contributed by atoms with Crippen LogP contribution in [0.4, 0.5) is 0 Å². The van der Waals surface area contributed by atoms with E-state index in [1.54, 1.807) is 0 Å². The molecule has 1 saturated carbocycles. The van der Waals surface area contributed by atoms with E-state index in [1.165, 1.54) is 6.42 Å². The number of carbonyl (C=O) groups is 1. The Morgan fingerprint density at radius 2 is 1.39 bits per heavy atom. The average Bonchev–Trinajstić information content (AvgIpc) is 2.11. The van der Waals surface area contributed by atoms with Gasteiger partial charge in [0.15, 0.2) is 0 Å². The zero-order valence-electron chi connectivity index (χ0n) is 13.1. The minimum atomic E-state index is -0.180. The summed E-state index contributed by atoms with van der Waals surface area (Å²) in [6.07, 6.45) is 3.52. The zero-order chi connectivity index (χ0) is 13.9. The van der Waals surface area contributed by atoms with Crippen LogP contribution in [-0.4, -0.2) is 21.3 Å². The van der Waals surface area contributed by atoms with Crippen LogP contribution in [0.2, 0.25) is 0 Å². The number of ketones is 1. The molecule has 0 amide bonds. The minimum absolute atomic E-state index is 0.180. The fraction of sp³-hybridized carbons (Fsp3) is 0.938. The van der Waals surface area contributed by atoms with Crippen LogP contribution in [0.1, 0.15) is 67.7 Å². The lowest BCUT2D eigenvalue weighted by Gasteiger charge is -2.62. The van der Waals surface area contributed by atoms with Gasteiger partial charge in [-0.3, -0.25) is 4.79 Å². The Morgan fingerprint density at radius 3 is 1.72 bits per heavy atom. The molecule has 0 N–H and O–H groups in total. The minimum Gasteiger partial charge on any atom is -0.299 e. The van der Waals surface area contributed by atoms with Crippen molar-refractivity contribution >= 4 is 13.7 Å². The van der Waals surface area contributed by atoms with Crippen LogP contribution >= 0.6 is 7.92 Å². The molecule has 1 aliphatic carbocycles. The van der Waals surface area contributed by atoms with Gasteiger partial charge in [0.25, 0.3) is 0 Å². The van der Waals surface area contributed by atoms with Crippen molar-refractivity contribution < 1.29 is 4.79 Å². The molecule has 2 heteroatoms. The highest BCUT2D eigenvalue weighted by atomic mass is 31.1. The molecule has 0 radical (unpaired) electrons. The lowest BCUT2D eigenvalue weighted by Crippen LogP contribution is -2.58. The summed E-state index contributed by atoms with van der Waals surface area (Å²) in [6.45, 7) is 16.6. The van der Waals surface area contributed by atoms with Gasteiger partial charge in [-0.25, -0.2) is 0 Å². The van der Waals surface area contributed by atoms with E-state index in [2.05, 4.69) is 48.5 Å². The normalized spacial score (nSPS) is 38.6. The number of rotatable bonds is 0. The highest BCUT2D eigenvalue weighted by molar-refractivity contribution is 7.62. The lowest BCUT2D eigenvalue weighted by atomic mass is 9.69. The molecule has 1 nitrogen and oxygen atoms in total. The molecule has 2 rings (SSSR count). The van der Waals surface area contributed by atoms with Gasteiger partial charge in [0, 0.05) is 11.8 Å². The van der Waals surface area contributed by atoms with Gasteiger partial charge in [0.2, 0.25) is 0 Å². The predicted molar refractivity (Wildman–Crippen MR) is 80.7 cm³/mol. The Labute approximate surface area is 114 Å². The number of hydrogen-bond donors (Lipinski definition) is 0. The molecule has 2 atom stereocenters. The first-order chi connectivity index (χ1) is 8.00. The van der Waals surface area contributed by atoms with Gasteiger partial charge >= 0.3 is 0 Å². The van der Waals surface area contributed by atoms with Crippen molar-refractivity contribution in [3.63, 3.8) is 0 Å². The van der Waals surface area contributed by atoms with Crippen molar-refractivity contribution in [1.82, 2.24) is 0 Å². The van der Waals surface area contributed by atoms with Crippen molar-refractivity contribution in [2.45, 2.75) is 83.2 Å². The number of Topliss-reactive ketones (excluding diaryl/α,β-unsaturated/α-hetero) is 1. The Bertz CT molecular complexity index is 336. The van der Waals surface area contributed by atoms with Crippen molar-refractivity contribution in [2.75, 3.05) is 0 Å². The smallest absolute Gasteiger partial charge is 0.140 e. The molecular formula is C16H29OP. The van der Waals surface area contributed by atoms with Crippen LogP contribution < -0.4 is 0 Å². The Balaban J connectivity index is 2.55. The first-order valence-electron chi connectivity index (χ1n) is 7.35. The van der Waals surface area contributed by atoms with Crippen LogP contribution in [-0.2, 0) is 4.79 Å². The summed E-state index contributed by atoms with van der Waals surface area (Å²) in [4.78, 5) is 12.7. The fourth-order valence-electron chi connectivity index (χ4n) is 5.24. The van der Waals surface area contributed by atoms with Gasteiger partial charge in [0.05, 0.1) is 0 Å².